The van der Waals surface area contributed by atoms with E-state index in [1.807, 2.05) is 6.92 Å². The molecule has 1 aliphatic heterocycles. The third-order valence-electron chi connectivity index (χ3n) is 3.88. The maximum absolute atomic E-state index is 12.1. The van der Waals surface area contributed by atoms with Crippen LogP contribution < -0.4 is 0 Å². The Labute approximate surface area is 117 Å². The molecule has 7 heteroatoms. The van der Waals surface area contributed by atoms with Crippen LogP contribution in [0.5, 0.6) is 0 Å². The first kappa shape index (κ1) is 14.5. The number of methoxy groups -OCH3 is 1. The average Bonchev–Trinajstić information content (AvgIpc) is 2.89. The maximum atomic E-state index is 12.1. The molecule has 1 N–H and O–H groups in total. The van der Waals surface area contributed by atoms with Crippen molar-refractivity contribution in [2.75, 3.05) is 20.3 Å². The molecule has 0 bridgehead atoms. The smallest absolute Gasteiger partial charge is 0.309 e. The van der Waals surface area contributed by atoms with Crippen LogP contribution in [0.25, 0.3) is 0 Å². The van der Waals surface area contributed by atoms with Gasteiger partial charge < -0.3 is 14.7 Å². The highest BCUT2D eigenvalue weighted by Gasteiger charge is 2.45. The fourth-order valence-corrected chi connectivity index (χ4v) is 2.66. The summed E-state index contributed by atoms with van der Waals surface area (Å²) in [5.41, 5.74) is 1.67. The molecule has 0 spiro atoms. The zero-order chi connectivity index (χ0) is 14.9. The predicted molar refractivity (Wildman–Crippen MR) is 70.0 cm³/mol. The molecule has 1 aliphatic rings. The highest BCUT2D eigenvalue weighted by atomic mass is 16.5. The minimum Gasteiger partial charge on any atom is -0.481 e. The number of ether oxygens (including phenoxy) is 1. The third kappa shape index (κ3) is 2.40. The molecule has 0 unspecified atom stereocenters. The first-order chi connectivity index (χ1) is 9.47. The lowest BCUT2D eigenvalue weighted by Crippen LogP contribution is -2.33. The molecule has 7 nitrogen and oxygen atoms in total. The number of nitrogens with zero attached hydrogens (tertiary/aromatic N) is 3. The Hall–Kier alpha value is -1.89. The van der Waals surface area contributed by atoms with Crippen molar-refractivity contribution in [1.82, 2.24) is 14.7 Å². The summed E-state index contributed by atoms with van der Waals surface area (Å²) in [5, 5.41) is 13.5. The number of carbonyl (C=O) groups excluding carboxylic acids is 1. The van der Waals surface area contributed by atoms with Gasteiger partial charge in [0.2, 0.25) is 5.91 Å². The van der Waals surface area contributed by atoms with Gasteiger partial charge in [0.25, 0.3) is 0 Å². The van der Waals surface area contributed by atoms with Crippen LogP contribution in [-0.2, 0) is 21.4 Å². The number of rotatable bonds is 5. The van der Waals surface area contributed by atoms with E-state index < -0.39 is 17.9 Å². The lowest BCUT2D eigenvalue weighted by atomic mass is 9.94. The van der Waals surface area contributed by atoms with E-state index in [4.69, 9.17) is 4.74 Å². The van der Waals surface area contributed by atoms with Gasteiger partial charge in [-0.1, -0.05) is 0 Å². The van der Waals surface area contributed by atoms with E-state index >= 15 is 0 Å². The Morgan fingerprint density at radius 2 is 2.30 bits per heavy atom. The molecular weight excluding hydrogens is 262 g/mol. The summed E-state index contributed by atoms with van der Waals surface area (Å²) in [6, 6.07) is -0.469. The summed E-state index contributed by atoms with van der Waals surface area (Å²) >= 11 is 0. The predicted octanol–water partition coefficient (Wildman–Crippen LogP) is 0.349. The number of aromatic nitrogens is 2. The van der Waals surface area contributed by atoms with E-state index in [9.17, 15) is 14.7 Å². The van der Waals surface area contributed by atoms with Crippen LogP contribution in [0.3, 0.4) is 0 Å². The largest absolute Gasteiger partial charge is 0.481 e. The third-order valence-corrected chi connectivity index (χ3v) is 3.88. The van der Waals surface area contributed by atoms with Crippen LogP contribution in [0.2, 0.25) is 0 Å². The summed E-state index contributed by atoms with van der Waals surface area (Å²) in [6.45, 7) is 2.64. The molecule has 2 atom stereocenters. The average molecular weight is 281 g/mol. The normalized spacial score (nSPS) is 22.6. The minimum absolute atomic E-state index is 0.0258. The van der Waals surface area contributed by atoms with Gasteiger partial charge in [-0.05, 0) is 6.92 Å². The molecule has 20 heavy (non-hydrogen) atoms. The second-order valence-corrected chi connectivity index (χ2v) is 4.98. The van der Waals surface area contributed by atoms with Crippen LogP contribution in [0.15, 0.2) is 6.20 Å². The van der Waals surface area contributed by atoms with Crippen molar-refractivity contribution >= 4 is 11.9 Å². The van der Waals surface area contributed by atoms with E-state index in [1.165, 1.54) is 0 Å². The van der Waals surface area contributed by atoms with Gasteiger partial charge in [-0.15, -0.1) is 0 Å². The zero-order valence-electron chi connectivity index (χ0n) is 11.9. The van der Waals surface area contributed by atoms with Gasteiger partial charge in [0.05, 0.1) is 24.8 Å². The molecule has 2 rings (SSSR count). The van der Waals surface area contributed by atoms with E-state index in [1.54, 1.807) is 29.9 Å². The first-order valence-corrected chi connectivity index (χ1v) is 6.47. The Morgan fingerprint density at radius 3 is 2.80 bits per heavy atom. The van der Waals surface area contributed by atoms with E-state index in [0.29, 0.717) is 13.2 Å². The van der Waals surface area contributed by atoms with Crippen LogP contribution in [-0.4, -0.2) is 51.9 Å². The maximum Gasteiger partial charge on any atom is 0.309 e. The van der Waals surface area contributed by atoms with Gasteiger partial charge in [-0.25, -0.2) is 0 Å². The fraction of sp³-hybridized carbons (Fsp3) is 0.615. The fourth-order valence-electron chi connectivity index (χ4n) is 2.66. The standard InChI is InChI=1S/C13H19N3O4/c1-8-10(7-14-15(8)2)12-9(13(18)19)6-11(17)16(12)4-5-20-3/h7,9,12H,4-6H2,1-3H3,(H,18,19)/t9-,12-/m1/s1. The van der Waals surface area contributed by atoms with E-state index in [0.717, 1.165) is 11.3 Å². The Bertz CT molecular complexity index is 526. The van der Waals surface area contributed by atoms with Gasteiger partial charge in [-0.2, -0.15) is 5.10 Å². The number of likely N-dealkylation sites (tertiary alicyclic amines) is 1. The van der Waals surface area contributed by atoms with Crippen molar-refractivity contribution in [3.63, 3.8) is 0 Å². The zero-order valence-corrected chi connectivity index (χ0v) is 11.9. The number of amides is 1. The Kier molecular flexibility index (Phi) is 4.08. The van der Waals surface area contributed by atoms with Gasteiger partial charge in [0.15, 0.2) is 0 Å². The SMILES string of the molecule is COCCN1C(=O)C[C@@H](C(=O)O)[C@@H]1c1cnn(C)c1C. The molecule has 2 heterocycles. The molecule has 0 aliphatic carbocycles. The van der Waals surface area contributed by atoms with Gasteiger partial charge in [0.1, 0.15) is 0 Å². The Balaban J connectivity index is 2.38. The monoisotopic (exact) mass is 281 g/mol. The van der Waals surface area contributed by atoms with E-state index in [-0.39, 0.29) is 12.3 Å². The second kappa shape index (κ2) is 5.62. The molecule has 0 saturated carbocycles. The van der Waals surface area contributed by atoms with Crippen LogP contribution in [0, 0.1) is 12.8 Å². The van der Waals surface area contributed by atoms with Crippen molar-refractivity contribution in [3.05, 3.63) is 17.5 Å². The van der Waals surface area contributed by atoms with Crippen molar-refractivity contribution in [2.24, 2.45) is 13.0 Å². The highest BCUT2D eigenvalue weighted by Crippen LogP contribution is 2.39. The van der Waals surface area contributed by atoms with Crippen molar-refractivity contribution in [1.29, 1.82) is 0 Å². The summed E-state index contributed by atoms with van der Waals surface area (Å²) in [5.74, 6) is -1.84. The number of hydrogen-bond acceptors (Lipinski definition) is 4. The lowest BCUT2D eigenvalue weighted by molar-refractivity contribution is -0.142. The summed E-state index contributed by atoms with van der Waals surface area (Å²) in [7, 11) is 3.35. The molecular formula is C13H19N3O4. The van der Waals surface area contributed by atoms with E-state index in [2.05, 4.69) is 5.10 Å². The van der Waals surface area contributed by atoms with Crippen molar-refractivity contribution in [2.45, 2.75) is 19.4 Å². The molecule has 1 amide bonds. The number of carboxylic acids is 1. The molecule has 1 saturated heterocycles. The van der Waals surface area contributed by atoms with Gasteiger partial charge in [0, 0.05) is 38.4 Å². The second-order valence-electron chi connectivity index (χ2n) is 4.98. The number of aryl methyl sites for hydroxylation is 1. The quantitative estimate of drug-likeness (QED) is 0.841. The number of carboxylic acid groups (broad SMARTS) is 1. The van der Waals surface area contributed by atoms with Crippen molar-refractivity contribution < 1.29 is 19.4 Å². The van der Waals surface area contributed by atoms with Crippen LogP contribution in [0.4, 0.5) is 0 Å². The highest BCUT2D eigenvalue weighted by molar-refractivity contribution is 5.87. The molecule has 1 aromatic rings. The van der Waals surface area contributed by atoms with Crippen LogP contribution >= 0.6 is 0 Å². The summed E-state index contributed by atoms with van der Waals surface area (Å²) in [4.78, 5) is 25.1. The number of carbonyl (C=O) groups is 2. The van der Waals surface area contributed by atoms with Crippen LogP contribution in [0.1, 0.15) is 23.7 Å². The summed E-state index contributed by atoms with van der Waals surface area (Å²) in [6.07, 6.45) is 1.67. The van der Waals surface area contributed by atoms with Gasteiger partial charge >= 0.3 is 5.97 Å². The molecule has 110 valence electrons. The number of hydrogen-bond donors (Lipinski definition) is 1. The topological polar surface area (TPSA) is 84.7 Å². The molecule has 1 aromatic heterocycles. The van der Waals surface area contributed by atoms with Crippen molar-refractivity contribution in [3.8, 4) is 0 Å². The summed E-state index contributed by atoms with van der Waals surface area (Å²) < 4.78 is 6.69. The number of aliphatic carboxylic acids is 1. The molecule has 0 radical (unpaired) electrons. The lowest BCUT2D eigenvalue weighted by Gasteiger charge is -2.26. The molecule has 0 aromatic carbocycles. The Morgan fingerprint density at radius 1 is 1.60 bits per heavy atom. The molecule has 1 fully saturated rings. The first-order valence-electron chi connectivity index (χ1n) is 6.47. The minimum atomic E-state index is -0.952. The van der Waals surface area contributed by atoms with Gasteiger partial charge in [-0.3, -0.25) is 14.3 Å².